The van der Waals surface area contributed by atoms with Crippen LogP contribution in [0.1, 0.15) is 19.3 Å². The van der Waals surface area contributed by atoms with Gasteiger partial charge < -0.3 is 10.1 Å². The summed E-state index contributed by atoms with van der Waals surface area (Å²) in [6.07, 6.45) is 3.58. The molecule has 0 spiro atoms. The zero-order chi connectivity index (χ0) is 24.2. The van der Waals surface area contributed by atoms with E-state index in [0.29, 0.717) is 18.8 Å². The van der Waals surface area contributed by atoms with Crippen LogP contribution >= 0.6 is 22.6 Å². The van der Waals surface area contributed by atoms with Gasteiger partial charge in [0.05, 0.1) is 19.1 Å². The molecule has 3 rings (SSSR count). The number of piperidine rings is 1. The molecule has 1 aliphatic rings. The first-order valence-corrected chi connectivity index (χ1v) is 14.6. The Morgan fingerprint density at radius 3 is 2.27 bits per heavy atom. The molecule has 33 heavy (non-hydrogen) atoms. The van der Waals surface area contributed by atoms with Gasteiger partial charge in [0.1, 0.15) is 17.2 Å². The number of amides is 1. The molecule has 1 N–H and O–H groups in total. The minimum atomic E-state index is -3.81. The van der Waals surface area contributed by atoms with Gasteiger partial charge in [0.25, 0.3) is 0 Å². The summed E-state index contributed by atoms with van der Waals surface area (Å²) < 4.78 is 59.5. The van der Waals surface area contributed by atoms with Crippen molar-refractivity contribution in [2.75, 3.05) is 42.6 Å². The van der Waals surface area contributed by atoms with Gasteiger partial charge in [0, 0.05) is 22.3 Å². The number of carbonyl (C=O) groups is 1. The third-order valence-electron chi connectivity index (χ3n) is 5.18. The molecule has 1 saturated heterocycles. The molecule has 1 amide bonds. The fourth-order valence-corrected chi connectivity index (χ4v) is 6.45. The Balaban J connectivity index is 1.84. The number of hydrogen-bond donors (Lipinski definition) is 1. The van der Waals surface area contributed by atoms with Gasteiger partial charge in [-0.2, -0.15) is 4.31 Å². The predicted octanol–water partition coefficient (Wildman–Crippen LogP) is 2.88. The highest BCUT2D eigenvalue weighted by atomic mass is 127. The van der Waals surface area contributed by atoms with Gasteiger partial charge in [0.15, 0.2) is 0 Å². The van der Waals surface area contributed by atoms with Gasteiger partial charge in [-0.05, 0) is 77.9 Å². The molecule has 0 aliphatic carbocycles. The molecule has 0 bridgehead atoms. The lowest BCUT2D eigenvalue weighted by Gasteiger charge is -2.26. The van der Waals surface area contributed by atoms with E-state index in [1.165, 1.54) is 29.6 Å². The van der Waals surface area contributed by atoms with Crippen LogP contribution in [0.5, 0.6) is 5.75 Å². The Morgan fingerprint density at radius 1 is 1.06 bits per heavy atom. The molecule has 180 valence electrons. The predicted molar refractivity (Wildman–Crippen MR) is 136 cm³/mol. The van der Waals surface area contributed by atoms with Crippen molar-refractivity contribution in [2.24, 2.45) is 0 Å². The summed E-state index contributed by atoms with van der Waals surface area (Å²) in [5.74, 6) is -0.430. The Morgan fingerprint density at radius 2 is 1.70 bits per heavy atom. The molecule has 0 atom stereocenters. The number of benzene rings is 2. The number of anilines is 2. The summed E-state index contributed by atoms with van der Waals surface area (Å²) >= 11 is 2.10. The zero-order valence-electron chi connectivity index (χ0n) is 18.3. The van der Waals surface area contributed by atoms with Crippen LogP contribution in [-0.4, -0.2) is 60.0 Å². The van der Waals surface area contributed by atoms with Crippen LogP contribution in [0.3, 0.4) is 0 Å². The highest BCUT2D eigenvalue weighted by Crippen LogP contribution is 2.31. The number of halogens is 1. The number of hydrogen-bond acceptors (Lipinski definition) is 6. The van der Waals surface area contributed by atoms with Crippen LogP contribution in [0, 0.1) is 3.57 Å². The van der Waals surface area contributed by atoms with E-state index < -0.39 is 32.5 Å². The molecular weight excluding hydrogens is 581 g/mol. The third kappa shape index (κ3) is 6.37. The standard InChI is InChI=1S/C21H26IN3O6S2/c1-31-19-11-8-17(14-20(19)33(29,30)24-12-4-3-5-13-24)23-21(26)15-25(32(2,27)28)18-9-6-16(22)7-10-18/h6-11,14H,3-5,12-13,15H2,1-2H3,(H,23,26). The first-order chi connectivity index (χ1) is 15.5. The van der Waals surface area contributed by atoms with E-state index in [1.807, 2.05) is 0 Å². The fourth-order valence-electron chi connectivity index (χ4n) is 3.54. The topological polar surface area (TPSA) is 113 Å². The molecule has 0 saturated carbocycles. The number of nitrogens with zero attached hydrogens (tertiary/aromatic N) is 2. The van der Waals surface area contributed by atoms with E-state index in [2.05, 4.69) is 27.9 Å². The number of methoxy groups -OCH3 is 1. The van der Waals surface area contributed by atoms with Crippen molar-refractivity contribution in [1.29, 1.82) is 0 Å². The van der Waals surface area contributed by atoms with Crippen molar-refractivity contribution in [1.82, 2.24) is 4.31 Å². The molecule has 0 unspecified atom stereocenters. The number of ether oxygens (including phenoxy) is 1. The van der Waals surface area contributed by atoms with Crippen LogP contribution < -0.4 is 14.4 Å². The van der Waals surface area contributed by atoms with Gasteiger partial charge in [-0.15, -0.1) is 0 Å². The molecular formula is C21H26IN3O6S2. The summed E-state index contributed by atoms with van der Waals surface area (Å²) in [4.78, 5) is 12.7. The lowest BCUT2D eigenvalue weighted by Crippen LogP contribution is -2.37. The van der Waals surface area contributed by atoms with Gasteiger partial charge in [-0.3, -0.25) is 9.10 Å². The van der Waals surface area contributed by atoms with Crippen molar-refractivity contribution in [3.63, 3.8) is 0 Å². The second-order valence-electron chi connectivity index (χ2n) is 7.62. The number of carbonyl (C=O) groups excluding carboxylic acids is 1. The minimum absolute atomic E-state index is 0.0395. The maximum absolute atomic E-state index is 13.2. The third-order valence-corrected chi connectivity index (χ3v) is 8.96. The summed E-state index contributed by atoms with van der Waals surface area (Å²) in [5, 5.41) is 2.61. The molecule has 1 heterocycles. The van der Waals surface area contributed by atoms with Gasteiger partial charge in [-0.25, -0.2) is 16.8 Å². The molecule has 12 heteroatoms. The van der Waals surface area contributed by atoms with Crippen molar-refractivity contribution in [2.45, 2.75) is 24.2 Å². The first-order valence-electron chi connectivity index (χ1n) is 10.2. The Labute approximate surface area is 208 Å². The Hall–Kier alpha value is -1.90. The van der Waals surface area contributed by atoms with Crippen molar-refractivity contribution in [3.8, 4) is 5.75 Å². The average molecular weight is 607 g/mol. The number of nitrogens with one attached hydrogen (secondary N) is 1. The molecule has 2 aromatic carbocycles. The highest BCUT2D eigenvalue weighted by molar-refractivity contribution is 14.1. The van der Waals surface area contributed by atoms with Crippen LogP contribution in [0.4, 0.5) is 11.4 Å². The molecule has 9 nitrogen and oxygen atoms in total. The van der Waals surface area contributed by atoms with E-state index in [0.717, 1.165) is 33.4 Å². The summed E-state index contributed by atoms with van der Waals surface area (Å²) in [5.41, 5.74) is 0.587. The maximum atomic E-state index is 13.2. The quantitative estimate of drug-likeness (QED) is 0.462. The van der Waals surface area contributed by atoms with E-state index >= 15 is 0 Å². The highest BCUT2D eigenvalue weighted by Gasteiger charge is 2.29. The van der Waals surface area contributed by atoms with Crippen molar-refractivity contribution in [3.05, 3.63) is 46.0 Å². The largest absolute Gasteiger partial charge is 0.495 e. The first kappa shape index (κ1) is 25.7. The molecule has 1 aliphatic heterocycles. The zero-order valence-corrected chi connectivity index (χ0v) is 22.1. The van der Waals surface area contributed by atoms with E-state index in [9.17, 15) is 21.6 Å². The van der Waals surface area contributed by atoms with E-state index in [4.69, 9.17) is 4.74 Å². The molecule has 0 radical (unpaired) electrons. The molecule has 0 aromatic heterocycles. The second kappa shape index (κ2) is 10.6. The minimum Gasteiger partial charge on any atom is -0.495 e. The van der Waals surface area contributed by atoms with Gasteiger partial charge >= 0.3 is 0 Å². The number of sulfonamides is 2. The van der Waals surface area contributed by atoms with Gasteiger partial charge in [-0.1, -0.05) is 6.42 Å². The SMILES string of the molecule is COc1ccc(NC(=O)CN(c2ccc(I)cc2)S(C)(=O)=O)cc1S(=O)(=O)N1CCCCC1. The second-order valence-corrected chi connectivity index (χ2v) is 12.7. The smallest absolute Gasteiger partial charge is 0.246 e. The van der Waals surface area contributed by atoms with Crippen molar-refractivity contribution >= 4 is 59.9 Å². The lowest BCUT2D eigenvalue weighted by molar-refractivity contribution is -0.114. The monoisotopic (exact) mass is 607 g/mol. The average Bonchev–Trinajstić information content (AvgIpc) is 2.78. The van der Waals surface area contributed by atoms with E-state index in [1.54, 1.807) is 24.3 Å². The fraction of sp³-hybridized carbons (Fsp3) is 0.381. The number of rotatable bonds is 8. The van der Waals surface area contributed by atoms with Crippen LogP contribution in [0.25, 0.3) is 0 Å². The maximum Gasteiger partial charge on any atom is 0.246 e. The van der Waals surface area contributed by atoms with Crippen LogP contribution in [0.15, 0.2) is 47.4 Å². The van der Waals surface area contributed by atoms with E-state index in [-0.39, 0.29) is 16.3 Å². The summed E-state index contributed by atoms with van der Waals surface area (Å²) in [7, 11) is -6.15. The molecule has 1 fully saturated rings. The molecule has 2 aromatic rings. The van der Waals surface area contributed by atoms with Gasteiger partial charge in [0.2, 0.25) is 26.0 Å². The van der Waals surface area contributed by atoms with Crippen LogP contribution in [-0.2, 0) is 24.8 Å². The lowest BCUT2D eigenvalue weighted by atomic mass is 10.2. The van der Waals surface area contributed by atoms with Crippen molar-refractivity contribution < 1.29 is 26.4 Å². The summed E-state index contributed by atoms with van der Waals surface area (Å²) in [6, 6.07) is 11.1. The Kier molecular flexibility index (Phi) is 8.24. The van der Waals surface area contributed by atoms with Crippen LogP contribution in [0.2, 0.25) is 0 Å². The Bertz CT molecular complexity index is 1210. The summed E-state index contributed by atoms with van der Waals surface area (Å²) in [6.45, 7) is 0.405. The normalized spacial score (nSPS) is 15.1.